The second-order valence-corrected chi connectivity index (χ2v) is 4.57. The number of nitrogens with one attached hydrogen (secondary N) is 2. The molecule has 0 saturated heterocycles. The van der Waals surface area contributed by atoms with Gasteiger partial charge in [-0.05, 0) is 23.8 Å². The number of carbonyl (C=O) groups excluding carboxylic acids is 2. The van der Waals surface area contributed by atoms with Crippen molar-refractivity contribution in [2.75, 3.05) is 17.2 Å². The van der Waals surface area contributed by atoms with Crippen LogP contribution in [-0.4, -0.2) is 18.4 Å². The Balaban J connectivity index is 1.95. The Hall–Kier alpha value is -2.82. The highest BCUT2D eigenvalue weighted by Crippen LogP contribution is 2.15. The van der Waals surface area contributed by atoms with E-state index >= 15 is 0 Å². The van der Waals surface area contributed by atoms with Gasteiger partial charge in [-0.3, -0.25) is 9.59 Å². The molecule has 0 fully saturated rings. The summed E-state index contributed by atoms with van der Waals surface area (Å²) in [6, 6.07) is 16.6. The van der Waals surface area contributed by atoms with E-state index in [9.17, 15) is 9.59 Å². The fourth-order valence-corrected chi connectivity index (χ4v) is 1.92. The van der Waals surface area contributed by atoms with Crippen LogP contribution in [0.4, 0.5) is 11.4 Å². The molecule has 0 spiro atoms. The maximum atomic E-state index is 11.9. The first-order valence-electron chi connectivity index (χ1n) is 6.60. The van der Waals surface area contributed by atoms with Crippen LogP contribution in [0.1, 0.15) is 5.56 Å². The highest BCUT2D eigenvalue weighted by Gasteiger charge is 2.08. The Labute approximate surface area is 123 Å². The fraction of sp³-hybridized carbons (Fsp3) is 0.125. The SMILES string of the molecule is NC(=O)Cc1ccccc1NC(=O)CNc1ccccc1. The third-order valence-electron chi connectivity index (χ3n) is 2.88. The number of carbonyl (C=O) groups is 2. The van der Waals surface area contributed by atoms with Crippen LogP contribution in [-0.2, 0) is 16.0 Å². The first-order valence-corrected chi connectivity index (χ1v) is 6.60. The minimum atomic E-state index is -0.431. The number of benzene rings is 2. The van der Waals surface area contributed by atoms with Gasteiger partial charge >= 0.3 is 0 Å². The summed E-state index contributed by atoms with van der Waals surface area (Å²) < 4.78 is 0. The number of nitrogens with two attached hydrogens (primary N) is 1. The Morgan fingerprint density at radius 1 is 0.952 bits per heavy atom. The van der Waals surface area contributed by atoms with E-state index in [1.807, 2.05) is 30.3 Å². The molecule has 0 radical (unpaired) electrons. The minimum absolute atomic E-state index is 0.0998. The molecule has 0 aromatic heterocycles. The molecule has 2 amide bonds. The van der Waals surface area contributed by atoms with Crippen molar-refractivity contribution < 1.29 is 9.59 Å². The average Bonchev–Trinajstić information content (AvgIpc) is 2.48. The lowest BCUT2D eigenvalue weighted by molar-refractivity contribution is -0.117. The van der Waals surface area contributed by atoms with Gasteiger partial charge in [0, 0.05) is 11.4 Å². The van der Waals surface area contributed by atoms with Crippen LogP contribution in [0.5, 0.6) is 0 Å². The first-order chi connectivity index (χ1) is 10.1. The van der Waals surface area contributed by atoms with Crippen LogP contribution in [0.2, 0.25) is 0 Å². The molecule has 0 unspecified atom stereocenters. The van der Waals surface area contributed by atoms with Crippen molar-refractivity contribution >= 4 is 23.2 Å². The molecule has 0 aliphatic heterocycles. The van der Waals surface area contributed by atoms with Gasteiger partial charge in [-0.2, -0.15) is 0 Å². The molecule has 2 aromatic rings. The fourth-order valence-electron chi connectivity index (χ4n) is 1.92. The molecule has 0 atom stereocenters. The van der Waals surface area contributed by atoms with Crippen molar-refractivity contribution in [3.05, 3.63) is 60.2 Å². The molecule has 108 valence electrons. The van der Waals surface area contributed by atoms with E-state index in [4.69, 9.17) is 5.73 Å². The van der Waals surface area contributed by atoms with Gasteiger partial charge in [0.05, 0.1) is 13.0 Å². The van der Waals surface area contributed by atoms with Crippen molar-refractivity contribution in [1.82, 2.24) is 0 Å². The molecule has 0 saturated carbocycles. The zero-order chi connectivity index (χ0) is 15.1. The molecule has 0 heterocycles. The largest absolute Gasteiger partial charge is 0.376 e. The lowest BCUT2D eigenvalue weighted by atomic mass is 10.1. The number of rotatable bonds is 6. The molecule has 2 rings (SSSR count). The first kappa shape index (κ1) is 14.6. The number of hydrogen-bond acceptors (Lipinski definition) is 3. The smallest absolute Gasteiger partial charge is 0.243 e. The highest BCUT2D eigenvalue weighted by atomic mass is 16.2. The van der Waals surface area contributed by atoms with Crippen molar-refractivity contribution in [2.24, 2.45) is 5.73 Å². The van der Waals surface area contributed by atoms with Crippen LogP contribution in [0.25, 0.3) is 0 Å². The third kappa shape index (κ3) is 4.65. The van der Waals surface area contributed by atoms with E-state index in [1.54, 1.807) is 24.3 Å². The zero-order valence-electron chi connectivity index (χ0n) is 11.5. The lowest BCUT2D eigenvalue weighted by Crippen LogP contribution is -2.23. The second kappa shape index (κ2) is 7.09. The summed E-state index contributed by atoms with van der Waals surface area (Å²) in [5.41, 5.74) is 7.38. The summed E-state index contributed by atoms with van der Waals surface area (Å²) >= 11 is 0. The van der Waals surface area contributed by atoms with Crippen molar-refractivity contribution in [3.8, 4) is 0 Å². The van der Waals surface area contributed by atoms with Crippen LogP contribution in [0.15, 0.2) is 54.6 Å². The average molecular weight is 283 g/mol. The van der Waals surface area contributed by atoms with Crippen LogP contribution >= 0.6 is 0 Å². The molecule has 21 heavy (non-hydrogen) atoms. The summed E-state index contributed by atoms with van der Waals surface area (Å²) in [5.74, 6) is -0.616. The predicted molar refractivity (Wildman–Crippen MR) is 82.9 cm³/mol. The van der Waals surface area contributed by atoms with E-state index < -0.39 is 5.91 Å². The summed E-state index contributed by atoms with van der Waals surface area (Å²) in [6.07, 6.45) is 0.0998. The minimum Gasteiger partial charge on any atom is -0.376 e. The Kier molecular flexibility index (Phi) is 4.93. The number of para-hydroxylation sites is 2. The molecule has 0 aliphatic carbocycles. The van der Waals surface area contributed by atoms with Gasteiger partial charge in [-0.25, -0.2) is 0 Å². The molecule has 5 heteroatoms. The van der Waals surface area contributed by atoms with E-state index in [-0.39, 0.29) is 18.9 Å². The normalized spacial score (nSPS) is 9.90. The second-order valence-electron chi connectivity index (χ2n) is 4.57. The molecular weight excluding hydrogens is 266 g/mol. The number of anilines is 2. The van der Waals surface area contributed by atoms with Crippen LogP contribution < -0.4 is 16.4 Å². The molecule has 2 aromatic carbocycles. The van der Waals surface area contributed by atoms with Crippen LogP contribution in [0, 0.1) is 0 Å². The van der Waals surface area contributed by atoms with Gasteiger partial charge in [-0.15, -0.1) is 0 Å². The summed E-state index contributed by atoms with van der Waals surface area (Å²) in [6.45, 7) is 0.148. The maximum Gasteiger partial charge on any atom is 0.243 e. The summed E-state index contributed by atoms with van der Waals surface area (Å²) in [4.78, 5) is 22.9. The topological polar surface area (TPSA) is 84.2 Å². The summed E-state index contributed by atoms with van der Waals surface area (Å²) in [5, 5.41) is 5.80. The van der Waals surface area contributed by atoms with Gasteiger partial charge in [0.1, 0.15) is 0 Å². The van der Waals surface area contributed by atoms with Crippen molar-refractivity contribution in [2.45, 2.75) is 6.42 Å². The third-order valence-corrected chi connectivity index (χ3v) is 2.88. The summed E-state index contributed by atoms with van der Waals surface area (Å²) in [7, 11) is 0. The van der Waals surface area contributed by atoms with Gasteiger partial charge in [0.15, 0.2) is 0 Å². The van der Waals surface area contributed by atoms with E-state index in [2.05, 4.69) is 10.6 Å². The Bertz CT molecular complexity index is 626. The van der Waals surface area contributed by atoms with Gasteiger partial charge in [0.25, 0.3) is 0 Å². The molecule has 0 aliphatic rings. The number of hydrogen-bond donors (Lipinski definition) is 3. The van der Waals surface area contributed by atoms with Crippen LogP contribution in [0.3, 0.4) is 0 Å². The molecular formula is C16H17N3O2. The Morgan fingerprint density at radius 2 is 1.62 bits per heavy atom. The quantitative estimate of drug-likeness (QED) is 0.755. The lowest BCUT2D eigenvalue weighted by Gasteiger charge is -2.11. The standard InChI is InChI=1S/C16H17N3O2/c17-15(20)10-12-6-4-5-9-14(12)19-16(21)11-18-13-7-2-1-3-8-13/h1-9,18H,10-11H2,(H2,17,20)(H,19,21). The van der Waals surface area contributed by atoms with E-state index in [0.29, 0.717) is 11.3 Å². The van der Waals surface area contributed by atoms with E-state index in [0.717, 1.165) is 5.69 Å². The Morgan fingerprint density at radius 3 is 2.33 bits per heavy atom. The predicted octanol–water partition coefficient (Wildman–Crippen LogP) is 1.76. The number of amides is 2. The van der Waals surface area contributed by atoms with E-state index in [1.165, 1.54) is 0 Å². The van der Waals surface area contributed by atoms with Gasteiger partial charge in [0.2, 0.25) is 11.8 Å². The van der Waals surface area contributed by atoms with Gasteiger partial charge < -0.3 is 16.4 Å². The van der Waals surface area contributed by atoms with Crippen molar-refractivity contribution in [3.63, 3.8) is 0 Å². The molecule has 5 nitrogen and oxygen atoms in total. The van der Waals surface area contributed by atoms with Crippen molar-refractivity contribution in [1.29, 1.82) is 0 Å². The maximum absolute atomic E-state index is 11.9. The molecule has 4 N–H and O–H groups in total. The number of primary amides is 1. The highest BCUT2D eigenvalue weighted by molar-refractivity contribution is 5.95. The zero-order valence-corrected chi connectivity index (χ0v) is 11.5. The molecule has 0 bridgehead atoms. The monoisotopic (exact) mass is 283 g/mol. The van der Waals surface area contributed by atoms with Gasteiger partial charge in [-0.1, -0.05) is 36.4 Å².